The first kappa shape index (κ1) is 17.5. The molecule has 0 spiro atoms. The average Bonchev–Trinajstić information content (AvgIpc) is 2.64. The molecule has 0 unspecified atom stereocenters. The Hall–Kier alpha value is -3.28. The van der Waals surface area contributed by atoms with Gasteiger partial charge in [0.05, 0.1) is 17.8 Å². The summed E-state index contributed by atoms with van der Waals surface area (Å²) in [6.45, 7) is 6.52. The molecule has 0 saturated carbocycles. The molecule has 6 nitrogen and oxygen atoms in total. The number of carbonyl (C=O) groups excluding carboxylic acids is 1. The zero-order chi connectivity index (χ0) is 18.5. The number of rotatable bonds is 5. The van der Waals surface area contributed by atoms with Crippen LogP contribution in [0.2, 0.25) is 0 Å². The second-order valence-corrected chi connectivity index (χ2v) is 6.20. The van der Waals surface area contributed by atoms with E-state index in [4.69, 9.17) is 0 Å². The summed E-state index contributed by atoms with van der Waals surface area (Å²) in [5.74, 6) is 0.228. The molecular weight excluding hydrogens is 326 g/mol. The number of nitrogens with zero attached hydrogens (tertiary/aromatic N) is 3. The smallest absolute Gasteiger partial charge is 0.254 e. The summed E-state index contributed by atoms with van der Waals surface area (Å²) in [5.41, 5.74) is 5.66. The van der Waals surface area contributed by atoms with Crippen molar-refractivity contribution in [1.82, 2.24) is 20.3 Å². The minimum atomic E-state index is -0.232. The van der Waals surface area contributed by atoms with Gasteiger partial charge in [-0.15, -0.1) is 0 Å². The third-order valence-corrected chi connectivity index (χ3v) is 3.98. The van der Waals surface area contributed by atoms with Gasteiger partial charge in [0.1, 0.15) is 0 Å². The molecule has 1 aromatic carbocycles. The summed E-state index contributed by atoms with van der Waals surface area (Å²) >= 11 is 0. The van der Waals surface area contributed by atoms with Crippen LogP contribution in [0.5, 0.6) is 0 Å². The van der Waals surface area contributed by atoms with E-state index in [1.807, 2.05) is 32.0 Å². The highest BCUT2D eigenvalue weighted by Crippen LogP contribution is 2.24. The van der Waals surface area contributed by atoms with Gasteiger partial charge in [0.2, 0.25) is 5.95 Å². The molecule has 0 atom stereocenters. The molecule has 6 heteroatoms. The van der Waals surface area contributed by atoms with E-state index in [0.717, 1.165) is 22.5 Å². The zero-order valence-corrected chi connectivity index (χ0v) is 15.1. The van der Waals surface area contributed by atoms with Gasteiger partial charge < -0.3 is 10.6 Å². The second-order valence-electron chi connectivity index (χ2n) is 6.20. The quantitative estimate of drug-likeness (QED) is 0.739. The van der Waals surface area contributed by atoms with Crippen molar-refractivity contribution in [3.8, 4) is 0 Å². The molecule has 0 saturated heterocycles. The van der Waals surface area contributed by atoms with E-state index in [0.29, 0.717) is 18.1 Å². The fourth-order valence-corrected chi connectivity index (χ4v) is 2.77. The van der Waals surface area contributed by atoms with Crippen molar-refractivity contribution in [3.63, 3.8) is 0 Å². The molecule has 0 fully saturated rings. The number of nitrogens with one attached hydrogen (secondary N) is 2. The maximum Gasteiger partial charge on any atom is 0.254 e. The Morgan fingerprint density at radius 3 is 2.31 bits per heavy atom. The molecule has 2 N–H and O–H groups in total. The largest absolute Gasteiger partial charge is 0.346 e. The number of carbonyl (C=O) groups is 1. The van der Waals surface area contributed by atoms with Crippen molar-refractivity contribution < 1.29 is 4.79 Å². The van der Waals surface area contributed by atoms with E-state index in [1.165, 1.54) is 18.0 Å². The standard InChI is InChI=1S/C20H21N5O/c1-13-8-14(2)18(15(3)9-13)25-20-23-10-16(11-24-20)19(26)22-12-17-6-4-5-7-21-17/h4-11H,12H2,1-3H3,(H,22,26)(H,23,24,25). The van der Waals surface area contributed by atoms with Gasteiger partial charge in [-0.2, -0.15) is 0 Å². The van der Waals surface area contributed by atoms with E-state index in [2.05, 4.69) is 44.6 Å². The van der Waals surface area contributed by atoms with Crippen molar-refractivity contribution in [2.24, 2.45) is 0 Å². The average molecular weight is 347 g/mol. The number of benzene rings is 1. The minimum Gasteiger partial charge on any atom is -0.346 e. The Kier molecular flexibility index (Phi) is 5.22. The molecule has 2 aromatic heterocycles. The first-order chi connectivity index (χ1) is 12.5. The van der Waals surface area contributed by atoms with Crippen LogP contribution in [0.4, 0.5) is 11.6 Å². The number of pyridine rings is 1. The zero-order valence-electron chi connectivity index (χ0n) is 15.1. The predicted molar refractivity (Wildman–Crippen MR) is 101 cm³/mol. The highest BCUT2D eigenvalue weighted by Gasteiger charge is 2.09. The number of hydrogen-bond acceptors (Lipinski definition) is 5. The lowest BCUT2D eigenvalue weighted by Gasteiger charge is -2.12. The first-order valence-corrected chi connectivity index (χ1v) is 8.38. The molecule has 0 radical (unpaired) electrons. The van der Waals surface area contributed by atoms with Crippen LogP contribution in [0.25, 0.3) is 0 Å². The van der Waals surface area contributed by atoms with Gasteiger partial charge in [0.15, 0.2) is 0 Å². The van der Waals surface area contributed by atoms with E-state index in [9.17, 15) is 4.79 Å². The molecule has 0 aliphatic carbocycles. The van der Waals surface area contributed by atoms with Gasteiger partial charge in [-0.05, 0) is 44.0 Å². The van der Waals surface area contributed by atoms with Gasteiger partial charge in [0, 0.05) is 24.3 Å². The third kappa shape index (κ3) is 4.22. The van der Waals surface area contributed by atoms with E-state index >= 15 is 0 Å². The van der Waals surface area contributed by atoms with Crippen molar-refractivity contribution >= 4 is 17.5 Å². The Bertz CT molecular complexity index is 884. The summed E-state index contributed by atoms with van der Waals surface area (Å²) < 4.78 is 0. The molecule has 3 aromatic rings. The molecular formula is C20H21N5O. The number of aromatic nitrogens is 3. The van der Waals surface area contributed by atoms with Crippen LogP contribution in [0.15, 0.2) is 48.9 Å². The van der Waals surface area contributed by atoms with Gasteiger partial charge in [-0.25, -0.2) is 9.97 Å². The van der Waals surface area contributed by atoms with Crippen LogP contribution in [0.1, 0.15) is 32.7 Å². The van der Waals surface area contributed by atoms with Crippen molar-refractivity contribution in [1.29, 1.82) is 0 Å². The lowest BCUT2D eigenvalue weighted by Crippen LogP contribution is -2.23. The molecule has 0 bridgehead atoms. The van der Waals surface area contributed by atoms with Gasteiger partial charge >= 0.3 is 0 Å². The summed E-state index contributed by atoms with van der Waals surface area (Å²) in [5, 5.41) is 6.03. The highest BCUT2D eigenvalue weighted by molar-refractivity contribution is 5.93. The summed E-state index contributed by atoms with van der Waals surface area (Å²) in [6.07, 6.45) is 4.73. The fourth-order valence-electron chi connectivity index (χ4n) is 2.77. The summed E-state index contributed by atoms with van der Waals surface area (Å²) in [6, 6.07) is 9.79. The number of anilines is 2. The lowest BCUT2D eigenvalue weighted by molar-refractivity contribution is 0.0949. The van der Waals surface area contributed by atoms with E-state index < -0.39 is 0 Å². The molecule has 132 valence electrons. The van der Waals surface area contributed by atoms with Crippen molar-refractivity contribution in [3.05, 3.63) is 76.9 Å². The summed E-state index contributed by atoms with van der Waals surface area (Å²) in [7, 11) is 0. The fraction of sp³-hybridized carbons (Fsp3) is 0.200. The highest BCUT2D eigenvalue weighted by atomic mass is 16.1. The summed E-state index contributed by atoms with van der Waals surface area (Å²) in [4.78, 5) is 24.9. The van der Waals surface area contributed by atoms with Crippen LogP contribution >= 0.6 is 0 Å². The topological polar surface area (TPSA) is 79.8 Å². The molecule has 0 aliphatic heterocycles. The maximum absolute atomic E-state index is 12.2. The predicted octanol–water partition coefficient (Wildman–Crippen LogP) is 3.47. The number of hydrogen-bond donors (Lipinski definition) is 2. The van der Waals surface area contributed by atoms with Gasteiger partial charge in [-0.3, -0.25) is 9.78 Å². The van der Waals surface area contributed by atoms with E-state index in [1.54, 1.807) is 6.20 Å². The van der Waals surface area contributed by atoms with Gasteiger partial charge in [0.25, 0.3) is 5.91 Å². The maximum atomic E-state index is 12.2. The van der Waals surface area contributed by atoms with Crippen LogP contribution < -0.4 is 10.6 Å². The van der Waals surface area contributed by atoms with E-state index in [-0.39, 0.29) is 5.91 Å². The number of aryl methyl sites for hydroxylation is 3. The van der Waals surface area contributed by atoms with Crippen LogP contribution in [-0.4, -0.2) is 20.9 Å². The molecule has 26 heavy (non-hydrogen) atoms. The Morgan fingerprint density at radius 2 is 1.69 bits per heavy atom. The molecule has 2 heterocycles. The first-order valence-electron chi connectivity index (χ1n) is 8.38. The SMILES string of the molecule is Cc1cc(C)c(Nc2ncc(C(=O)NCc3ccccn3)cn2)c(C)c1. The Balaban J connectivity index is 1.66. The normalized spacial score (nSPS) is 10.4. The minimum absolute atomic E-state index is 0.232. The Labute approximate surface area is 152 Å². The Morgan fingerprint density at radius 1 is 1.00 bits per heavy atom. The second kappa shape index (κ2) is 7.74. The van der Waals surface area contributed by atoms with Crippen LogP contribution in [0.3, 0.4) is 0 Å². The van der Waals surface area contributed by atoms with Crippen molar-refractivity contribution in [2.75, 3.05) is 5.32 Å². The molecule has 0 aliphatic rings. The van der Waals surface area contributed by atoms with Crippen LogP contribution in [0, 0.1) is 20.8 Å². The van der Waals surface area contributed by atoms with Crippen LogP contribution in [-0.2, 0) is 6.54 Å². The van der Waals surface area contributed by atoms with Gasteiger partial charge in [-0.1, -0.05) is 23.8 Å². The molecule has 3 rings (SSSR count). The van der Waals surface area contributed by atoms with Crippen molar-refractivity contribution in [2.45, 2.75) is 27.3 Å². The molecule has 1 amide bonds. The lowest BCUT2D eigenvalue weighted by atomic mass is 10.1. The monoisotopic (exact) mass is 347 g/mol. The number of amides is 1. The third-order valence-electron chi connectivity index (χ3n) is 3.98.